The van der Waals surface area contributed by atoms with E-state index in [0.29, 0.717) is 11.3 Å². The molecule has 29 heavy (non-hydrogen) atoms. The molecule has 9 heteroatoms. The lowest BCUT2D eigenvalue weighted by Crippen LogP contribution is -2.35. The van der Waals surface area contributed by atoms with Gasteiger partial charge in [-0.1, -0.05) is 6.07 Å². The molecule has 0 spiro atoms. The third-order valence-corrected chi connectivity index (χ3v) is 6.58. The first-order valence-electron chi connectivity index (χ1n) is 9.13. The summed E-state index contributed by atoms with van der Waals surface area (Å²) in [6, 6.07) is 11.9. The van der Waals surface area contributed by atoms with E-state index >= 15 is 0 Å². The van der Waals surface area contributed by atoms with E-state index in [1.165, 1.54) is 37.4 Å². The summed E-state index contributed by atoms with van der Waals surface area (Å²) < 4.78 is 40.5. The fourth-order valence-corrected chi connectivity index (χ4v) is 4.33. The Labute approximate surface area is 169 Å². The maximum absolute atomic E-state index is 14.4. The van der Waals surface area contributed by atoms with Gasteiger partial charge in [0.15, 0.2) is 0 Å². The molecule has 0 bridgehead atoms. The summed E-state index contributed by atoms with van der Waals surface area (Å²) in [5, 5.41) is 11.3. The van der Waals surface area contributed by atoms with E-state index in [9.17, 15) is 17.6 Å². The van der Waals surface area contributed by atoms with E-state index < -0.39 is 28.3 Å². The third-order valence-electron chi connectivity index (χ3n) is 4.76. The molecule has 1 fully saturated rings. The molecule has 1 heterocycles. The zero-order valence-corrected chi connectivity index (χ0v) is 16.7. The fourth-order valence-electron chi connectivity index (χ4n) is 3.21. The number of sulfonamides is 1. The highest BCUT2D eigenvalue weighted by molar-refractivity contribution is 7.89. The predicted molar refractivity (Wildman–Crippen MR) is 107 cm³/mol. The van der Waals surface area contributed by atoms with Gasteiger partial charge in [0.2, 0.25) is 15.9 Å². The van der Waals surface area contributed by atoms with Gasteiger partial charge in [0.1, 0.15) is 11.5 Å². The number of benzene rings is 2. The van der Waals surface area contributed by atoms with Crippen molar-refractivity contribution in [3.63, 3.8) is 0 Å². The van der Waals surface area contributed by atoms with E-state index in [0.717, 1.165) is 30.2 Å². The number of likely N-dealkylation sites (N-methyl/N-ethyl adjacent to an activating group) is 1. The summed E-state index contributed by atoms with van der Waals surface area (Å²) in [6.45, 7) is 1.08. The average molecular weight is 416 g/mol. The van der Waals surface area contributed by atoms with Gasteiger partial charge in [0.05, 0.1) is 28.8 Å². The molecule has 1 aliphatic heterocycles. The quantitative estimate of drug-likeness (QED) is 0.781. The lowest BCUT2D eigenvalue weighted by atomic mass is 10.2. The van der Waals surface area contributed by atoms with E-state index in [-0.39, 0.29) is 10.6 Å². The maximum atomic E-state index is 14.4. The summed E-state index contributed by atoms with van der Waals surface area (Å²) in [4.78, 5) is 14.4. The van der Waals surface area contributed by atoms with E-state index in [1.54, 1.807) is 12.1 Å². The van der Waals surface area contributed by atoms with Crippen molar-refractivity contribution >= 4 is 27.3 Å². The maximum Gasteiger partial charge on any atom is 0.243 e. The van der Waals surface area contributed by atoms with Crippen LogP contribution in [0.5, 0.6) is 0 Å². The van der Waals surface area contributed by atoms with Gasteiger partial charge in [-0.05, 0) is 49.2 Å². The van der Waals surface area contributed by atoms with Crippen molar-refractivity contribution in [1.29, 1.82) is 5.26 Å². The Hall–Kier alpha value is -2.96. The van der Waals surface area contributed by atoms with Crippen LogP contribution in [0.15, 0.2) is 47.4 Å². The average Bonchev–Trinajstić information content (AvgIpc) is 3.24. The van der Waals surface area contributed by atoms with E-state index in [2.05, 4.69) is 5.32 Å². The second-order valence-electron chi connectivity index (χ2n) is 6.77. The highest BCUT2D eigenvalue weighted by Crippen LogP contribution is 2.31. The van der Waals surface area contributed by atoms with Gasteiger partial charge in [-0.2, -0.15) is 9.57 Å². The van der Waals surface area contributed by atoms with Crippen molar-refractivity contribution in [2.45, 2.75) is 17.7 Å². The number of carbonyl (C=O) groups is 1. The van der Waals surface area contributed by atoms with Crippen molar-refractivity contribution in [2.75, 3.05) is 36.9 Å². The SMILES string of the molecule is CN(CC(=O)Nc1c(F)cccc1N1CCCC1)S(=O)(=O)c1ccc(C#N)cc1. The molecule has 1 amide bonds. The zero-order valence-electron chi connectivity index (χ0n) is 15.9. The molecule has 0 unspecified atom stereocenters. The van der Waals surface area contributed by atoms with Crippen LogP contribution in [0.25, 0.3) is 0 Å². The van der Waals surface area contributed by atoms with Crippen LogP contribution in [-0.2, 0) is 14.8 Å². The summed E-state index contributed by atoms with van der Waals surface area (Å²) in [6.07, 6.45) is 1.99. The second kappa shape index (κ2) is 8.59. The van der Waals surface area contributed by atoms with Gasteiger partial charge in [0.25, 0.3) is 0 Å². The molecule has 0 radical (unpaired) electrons. The Balaban J connectivity index is 1.74. The van der Waals surface area contributed by atoms with Crippen LogP contribution in [0.3, 0.4) is 0 Å². The minimum absolute atomic E-state index is 0.0320. The van der Waals surface area contributed by atoms with E-state index in [1.807, 2.05) is 11.0 Å². The number of anilines is 2. The molecule has 0 saturated carbocycles. The normalized spacial score (nSPS) is 14.1. The molecule has 1 N–H and O–H groups in total. The minimum atomic E-state index is -3.93. The van der Waals surface area contributed by atoms with Crippen LogP contribution in [0.4, 0.5) is 15.8 Å². The Morgan fingerprint density at radius 1 is 1.21 bits per heavy atom. The third kappa shape index (κ3) is 4.55. The fraction of sp³-hybridized carbons (Fsp3) is 0.300. The molecular formula is C20H21FN4O3S. The number of carbonyl (C=O) groups excluding carboxylic acids is 1. The topological polar surface area (TPSA) is 93.5 Å². The minimum Gasteiger partial charge on any atom is -0.370 e. The second-order valence-corrected chi connectivity index (χ2v) is 8.82. The van der Waals surface area contributed by atoms with Crippen LogP contribution in [0.2, 0.25) is 0 Å². The van der Waals surface area contributed by atoms with Gasteiger partial charge in [-0.15, -0.1) is 0 Å². The van der Waals surface area contributed by atoms with Crippen LogP contribution >= 0.6 is 0 Å². The van der Waals surface area contributed by atoms with Gasteiger partial charge in [0, 0.05) is 20.1 Å². The molecule has 2 aromatic rings. The number of hydrogen-bond donors (Lipinski definition) is 1. The number of rotatable bonds is 6. The largest absolute Gasteiger partial charge is 0.370 e. The lowest BCUT2D eigenvalue weighted by Gasteiger charge is -2.23. The van der Waals surface area contributed by atoms with Gasteiger partial charge >= 0.3 is 0 Å². The van der Waals surface area contributed by atoms with Gasteiger partial charge < -0.3 is 10.2 Å². The molecule has 152 valence electrons. The van der Waals surface area contributed by atoms with Crippen LogP contribution in [-0.4, -0.2) is 45.3 Å². The Kier molecular flexibility index (Phi) is 6.15. The summed E-state index contributed by atoms with van der Waals surface area (Å²) in [5.41, 5.74) is 0.982. The van der Waals surface area contributed by atoms with E-state index in [4.69, 9.17) is 5.26 Å². The van der Waals surface area contributed by atoms with Crippen molar-refractivity contribution in [3.8, 4) is 6.07 Å². The number of nitriles is 1. The highest BCUT2D eigenvalue weighted by atomic mass is 32.2. The van der Waals surface area contributed by atoms with Crippen molar-refractivity contribution in [1.82, 2.24) is 4.31 Å². The van der Waals surface area contributed by atoms with Gasteiger partial charge in [-0.25, -0.2) is 12.8 Å². The van der Waals surface area contributed by atoms with Gasteiger partial charge in [-0.3, -0.25) is 4.79 Å². The summed E-state index contributed by atoms with van der Waals surface area (Å²) in [7, 11) is -2.65. The van der Waals surface area contributed by atoms with Crippen LogP contribution in [0, 0.1) is 17.1 Å². The highest BCUT2D eigenvalue weighted by Gasteiger charge is 2.25. The number of nitrogens with zero attached hydrogens (tertiary/aromatic N) is 3. The zero-order chi connectivity index (χ0) is 21.0. The standard InChI is InChI=1S/C20H21FN4O3S/c1-24(29(27,28)16-9-7-15(13-22)8-10-16)14-19(26)23-20-17(21)5-4-6-18(20)25-11-2-3-12-25/h4-10H,2-3,11-12,14H2,1H3,(H,23,26). The molecule has 0 aliphatic carbocycles. The van der Waals surface area contributed by atoms with Crippen molar-refractivity contribution < 1.29 is 17.6 Å². The van der Waals surface area contributed by atoms with Crippen molar-refractivity contribution in [2.24, 2.45) is 0 Å². The van der Waals surface area contributed by atoms with Crippen LogP contribution in [0.1, 0.15) is 18.4 Å². The molecular weight excluding hydrogens is 395 g/mol. The number of amides is 1. The lowest BCUT2D eigenvalue weighted by molar-refractivity contribution is -0.116. The summed E-state index contributed by atoms with van der Waals surface area (Å²) in [5.74, 6) is -1.21. The van der Waals surface area contributed by atoms with Crippen LogP contribution < -0.4 is 10.2 Å². The van der Waals surface area contributed by atoms with Crippen molar-refractivity contribution in [3.05, 3.63) is 53.8 Å². The molecule has 0 atom stereocenters. The number of para-hydroxylation sites is 1. The first kappa shape index (κ1) is 20.8. The first-order chi connectivity index (χ1) is 13.8. The molecule has 1 saturated heterocycles. The Morgan fingerprint density at radius 3 is 2.48 bits per heavy atom. The molecule has 1 aliphatic rings. The monoisotopic (exact) mass is 416 g/mol. The number of halogens is 1. The first-order valence-corrected chi connectivity index (χ1v) is 10.6. The number of hydrogen-bond acceptors (Lipinski definition) is 5. The number of nitrogens with one attached hydrogen (secondary N) is 1. The predicted octanol–water partition coefficient (Wildman–Crippen LogP) is 2.56. The molecule has 0 aromatic heterocycles. The molecule has 7 nitrogen and oxygen atoms in total. The summed E-state index contributed by atoms with van der Waals surface area (Å²) >= 11 is 0. The molecule has 3 rings (SSSR count). The Morgan fingerprint density at radius 2 is 1.86 bits per heavy atom. The molecule has 2 aromatic carbocycles. The Bertz CT molecular complexity index is 1040. The smallest absolute Gasteiger partial charge is 0.243 e.